The molecule has 1 unspecified atom stereocenters. The molecule has 1 atom stereocenters. The van der Waals surface area contributed by atoms with Crippen molar-refractivity contribution in [1.29, 1.82) is 0 Å². The van der Waals surface area contributed by atoms with Crippen LogP contribution in [0, 0.1) is 5.41 Å². The molecule has 0 saturated heterocycles. The first-order valence-electron chi connectivity index (χ1n) is 5.02. The van der Waals surface area contributed by atoms with Gasteiger partial charge in [0.15, 0.2) is 0 Å². The molecule has 1 fully saturated rings. The van der Waals surface area contributed by atoms with Crippen molar-refractivity contribution in [2.24, 2.45) is 11.1 Å². The van der Waals surface area contributed by atoms with Gasteiger partial charge in [-0.2, -0.15) is 0 Å². The number of nitrogens with two attached hydrogens (primary N) is 1. The zero-order valence-electron chi connectivity index (χ0n) is 9.45. The van der Waals surface area contributed by atoms with E-state index in [4.69, 9.17) is 22.7 Å². The Labute approximate surface area is 95.8 Å². The molecular formula is C10H18N2O2S. The molecule has 2 N–H and O–H groups in total. The number of thiocarbonyl (C=S) groups is 1. The Morgan fingerprint density at radius 3 is 2.53 bits per heavy atom. The van der Waals surface area contributed by atoms with Crippen LogP contribution in [0.2, 0.25) is 0 Å². The van der Waals surface area contributed by atoms with Crippen molar-refractivity contribution in [3.05, 3.63) is 0 Å². The van der Waals surface area contributed by atoms with Crippen LogP contribution in [0.25, 0.3) is 0 Å². The van der Waals surface area contributed by atoms with Gasteiger partial charge in [0, 0.05) is 14.2 Å². The smallest absolute Gasteiger partial charge is 0.235 e. The zero-order chi connectivity index (χ0) is 11.6. The van der Waals surface area contributed by atoms with E-state index in [1.807, 2.05) is 6.92 Å². The van der Waals surface area contributed by atoms with E-state index in [9.17, 15) is 4.79 Å². The maximum atomic E-state index is 12.1. The van der Waals surface area contributed by atoms with E-state index in [1.54, 1.807) is 19.1 Å². The fourth-order valence-electron chi connectivity index (χ4n) is 1.58. The second-order valence-corrected chi connectivity index (χ2v) is 4.61. The number of nitrogens with zero attached hydrogens (tertiary/aromatic N) is 1. The maximum Gasteiger partial charge on any atom is 0.235 e. The summed E-state index contributed by atoms with van der Waals surface area (Å²) in [7, 11) is 3.39. The lowest BCUT2D eigenvalue weighted by Gasteiger charge is -2.28. The second-order valence-electron chi connectivity index (χ2n) is 4.17. The number of carbonyl (C=O) groups excluding carboxylic acids is 1. The quantitative estimate of drug-likeness (QED) is 0.701. The molecule has 0 radical (unpaired) electrons. The lowest BCUT2D eigenvalue weighted by molar-refractivity contribution is -0.135. The monoisotopic (exact) mass is 230 g/mol. The summed E-state index contributed by atoms with van der Waals surface area (Å²) in [5.74, 6) is 0.0274. The highest BCUT2D eigenvalue weighted by Crippen LogP contribution is 2.47. The van der Waals surface area contributed by atoms with Gasteiger partial charge < -0.3 is 15.4 Å². The van der Waals surface area contributed by atoms with Crippen molar-refractivity contribution >= 4 is 23.1 Å². The second kappa shape index (κ2) is 4.45. The summed E-state index contributed by atoms with van der Waals surface area (Å²) in [6.45, 7) is 2.46. The normalized spacial score (nSPS) is 19.4. The van der Waals surface area contributed by atoms with Crippen LogP contribution in [0.15, 0.2) is 0 Å². The van der Waals surface area contributed by atoms with Crippen molar-refractivity contribution < 1.29 is 9.53 Å². The standard InChI is InChI=1S/C10H18N2O2S/c1-7(6-14-3)12(2)9(13)10(4-5-10)8(11)15/h7H,4-6H2,1-3H3,(H2,11,15). The average molecular weight is 230 g/mol. The number of hydrogen-bond acceptors (Lipinski definition) is 3. The van der Waals surface area contributed by atoms with Gasteiger partial charge in [-0.25, -0.2) is 0 Å². The van der Waals surface area contributed by atoms with Crippen LogP contribution < -0.4 is 5.73 Å². The van der Waals surface area contributed by atoms with Crippen molar-refractivity contribution in [3.8, 4) is 0 Å². The summed E-state index contributed by atoms with van der Waals surface area (Å²) < 4.78 is 5.01. The van der Waals surface area contributed by atoms with Gasteiger partial charge in [-0.05, 0) is 19.8 Å². The predicted octanol–water partition coefficient (Wildman–Crippen LogP) is 0.546. The van der Waals surface area contributed by atoms with Crippen LogP contribution in [0.4, 0.5) is 0 Å². The first-order chi connectivity index (χ1) is 6.95. The van der Waals surface area contributed by atoms with Crippen LogP contribution in [0.3, 0.4) is 0 Å². The summed E-state index contributed by atoms with van der Waals surface area (Å²) in [6, 6.07) is 0.0503. The molecule has 0 heterocycles. The van der Waals surface area contributed by atoms with Gasteiger partial charge in [-0.15, -0.1) is 0 Å². The molecule has 15 heavy (non-hydrogen) atoms. The van der Waals surface area contributed by atoms with Crippen LogP contribution in [0.5, 0.6) is 0 Å². The molecule has 1 aliphatic carbocycles. The van der Waals surface area contributed by atoms with Crippen molar-refractivity contribution in [2.75, 3.05) is 20.8 Å². The van der Waals surface area contributed by atoms with Gasteiger partial charge >= 0.3 is 0 Å². The molecule has 86 valence electrons. The van der Waals surface area contributed by atoms with Crippen LogP contribution in [-0.2, 0) is 9.53 Å². The number of carbonyl (C=O) groups is 1. The summed E-state index contributed by atoms with van der Waals surface area (Å²) in [5.41, 5.74) is 5.05. The van der Waals surface area contributed by atoms with Crippen molar-refractivity contribution in [1.82, 2.24) is 4.90 Å². The molecule has 0 aliphatic heterocycles. The van der Waals surface area contributed by atoms with Gasteiger partial charge in [0.1, 0.15) is 0 Å². The van der Waals surface area contributed by atoms with E-state index in [0.717, 1.165) is 12.8 Å². The molecule has 1 amide bonds. The average Bonchev–Trinajstić information content (AvgIpc) is 2.96. The third-order valence-corrected chi connectivity index (χ3v) is 3.41. The Balaban J connectivity index is 2.64. The minimum Gasteiger partial charge on any atom is -0.392 e. The fraction of sp³-hybridized carbons (Fsp3) is 0.800. The minimum absolute atomic E-state index is 0.0274. The van der Waals surface area contributed by atoms with E-state index in [2.05, 4.69) is 0 Å². The van der Waals surface area contributed by atoms with Gasteiger partial charge in [0.2, 0.25) is 5.91 Å². The number of methoxy groups -OCH3 is 1. The van der Waals surface area contributed by atoms with Gasteiger partial charge in [-0.3, -0.25) is 4.79 Å². The molecule has 0 aromatic carbocycles. The zero-order valence-corrected chi connectivity index (χ0v) is 10.3. The molecule has 0 spiro atoms. The fourth-order valence-corrected chi connectivity index (χ4v) is 1.87. The summed E-state index contributed by atoms with van der Waals surface area (Å²) >= 11 is 4.94. The maximum absolute atomic E-state index is 12.1. The highest BCUT2D eigenvalue weighted by molar-refractivity contribution is 7.80. The van der Waals surface area contributed by atoms with Gasteiger partial charge in [0.05, 0.1) is 23.1 Å². The third kappa shape index (κ3) is 2.29. The molecular weight excluding hydrogens is 212 g/mol. The molecule has 0 aromatic heterocycles. The van der Waals surface area contributed by atoms with Crippen LogP contribution >= 0.6 is 12.2 Å². The minimum atomic E-state index is -0.550. The van der Waals surface area contributed by atoms with Crippen molar-refractivity contribution in [3.63, 3.8) is 0 Å². The Kier molecular flexibility index (Phi) is 3.67. The largest absolute Gasteiger partial charge is 0.392 e. The molecule has 4 nitrogen and oxygen atoms in total. The Bertz CT molecular complexity index is 277. The number of likely N-dealkylation sites (N-methyl/N-ethyl adjacent to an activating group) is 1. The third-order valence-electron chi connectivity index (χ3n) is 3.02. The van der Waals surface area contributed by atoms with Crippen molar-refractivity contribution in [2.45, 2.75) is 25.8 Å². The predicted molar refractivity (Wildman–Crippen MR) is 62.6 cm³/mol. The summed E-state index contributed by atoms with van der Waals surface area (Å²) in [6.07, 6.45) is 1.57. The van der Waals surface area contributed by atoms with Crippen LogP contribution in [-0.4, -0.2) is 42.6 Å². The van der Waals surface area contributed by atoms with Gasteiger partial charge in [0.25, 0.3) is 0 Å². The molecule has 1 saturated carbocycles. The molecule has 0 aromatic rings. The van der Waals surface area contributed by atoms with E-state index in [0.29, 0.717) is 11.6 Å². The summed E-state index contributed by atoms with van der Waals surface area (Å²) in [5, 5.41) is 0. The Morgan fingerprint density at radius 2 is 2.20 bits per heavy atom. The lowest BCUT2D eigenvalue weighted by atomic mass is 10.1. The molecule has 1 rings (SSSR count). The van der Waals surface area contributed by atoms with Crippen LogP contribution in [0.1, 0.15) is 19.8 Å². The number of rotatable bonds is 5. The SMILES string of the molecule is COCC(C)N(C)C(=O)C1(C(N)=S)CC1. The Morgan fingerprint density at radius 1 is 1.67 bits per heavy atom. The van der Waals surface area contributed by atoms with E-state index in [-0.39, 0.29) is 11.9 Å². The number of amides is 1. The number of hydrogen-bond donors (Lipinski definition) is 1. The van der Waals surface area contributed by atoms with E-state index < -0.39 is 5.41 Å². The van der Waals surface area contributed by atoms with E-state index in [1.165, 1.54) is 0 Å². The molecule has 5 heteroatoms. The van der Waals surface area contributed by atoms with E-state index >= 15 is 0 Å². The highest BCUT2D eigenvalue weighted by Gasteiger charge is 2.54. The highest BCUT2D eigenvalue weighted by atomic mass is 32.1. The lowest BCUT2D eigenvalue weighted by Crippen LogP contribution is -2.46. The number of ether oxygens (including phenoxy) is 1. The summed E-state index contributed by atoms with van der Waals surface area (Å²) in [4.78, 5) is 14.1. The first-order valence-corrected chi connectivity index (χ1v) is 5.42. The molecule has 0 bridgehead atoms. The van der Waals surface area contributed by atoms with Gasteiger partial charge in [-0.1, -0.05) is 12.2 Å². The molecule has 1 aliphatic rings. The first kappa shape index (κ1) is 12.4. The Hall–Kier alpha value is -0.680. The topological polar surface area (TPSA) is 55.6 Å².